The zero-order valence-corrected chi connectivity index (χ0v) is 27.0. The SMILES string of the molecule is C=CCN(C(=O)[C@@H]1[C@H]2C(=O)N([C@@H](CO)CC(C)C)C(C(=O)N(CC=C)C3CCCCC3)C23CC(C)[C@@]1(C)O3)c1ccccc1. The third kappa shape index (κ3) is 5.22. The smallest absolute Gasteiger partial charge is 0.248 e. The van der Waals surface area contributed by atoms with Gasteiger partial charge in [-0.1, -0.05) is 70.4 Å². The van der Waals surface area contributed by atoms with Crippen LogP contribution in [0.25, 0.3) is 0 Å². The molecule has 4 aliphatic rings. The molecule has 3 amide bonds. The van der Waals surface area contributed by atoms with E-state index in [4.69, 9.17) is 4.74 Å². The van der Waals surface area contributed by atoms with E-state index in [-0.39, 0.29) is 48.8 Å². The van der Waals surface area contributed by atoms with Crippen molar-refractivity contribution in [1.29, 1.82) is 0 Å². The first-order valence-corrected chi connectivity index (χ1v) is 16.6. The van der Waals surface area contributed by atoms with Gasteiger partial charge in [0.25, 0.3) is 0 Å². The standard InChI is InChI=1S/C36H51N3O5/c1-7-19-37(26-15-11-9-12-16-26)32(41)29-30-33(42)39(28(23-40)21-24(3)4)31(36(30)22-25(5)35(29,6)44-36)34(43)38(20-8-2)27-17-13-10-14-18-27/h7-9,11-12,15-16,24-25,27-31,40H,1-2,10,13-14,17-23H2,3-6H3/t25?,28-,29+,30+,31?,35-,36?/m1/s1. The van der Waals surface area contributed by atoms with Crippen molar-refractivity contribution in [3.05, 3.63) is 55.6 Å². The van der Waals surface area contributed by atoms with Gasteiger partial charge in [0.1, 0.15) is 11.6 Å². The lowest BCUT2D eigenvalue weighted by Gasteiger charge is -2.42. The fraction of sp³-hybridized carbons (Fsp3) is 0.639. The average molecular weight is 606 g/mol. The summed E-state index contributed by atoms with van der Waals surface area (Å²) in [5, 5.41) is 10.7. The van der Waals surface area contributed by atoms with Crippen LogP contribution >= 0.6 is 0 Å². The van der Waals surface area contributed by atoms with Gasteiger partial charge >= 0.3 is 0 Å². The van der Waals surface area contributed by atoms with Crippen LogP contribution in [0.15, 0.2) is 55.6 Å². The van der Waals surface area contributed by atoms with Gasteiger partial charge in [0.15, 0.2) is 0 Å². The Morgan fingerprint density at radius 3 is 2.34 bits per heavy atom. The quantitative estimate of drug-likeness (QED) is 0.340. The number of para-hydroxylation sites is 1. The zero-order chi connectivity index (χ0) is 31.8. The largest absolute Gasteiger partial charge is 0.394 e. The van der Waals surface area contributed by atoms with Crippen molar-refractivity contribution < 1.29 is 24.2 Å². The van der Waals surface area contributed by atoms with E-state index in [1.54, 1.807) is 22.0 Å². The number of ether oxygens (including phenoxy) is 1. The number of carbonyl (C=O) groups is 3. The molecule has 3 heterocycles. The molecule has 7 atom stereocenters. The Bertz CT molecular complexity index is 1250. The Morgan fingerprint density at radius 1 is 1.09 bits per heavy atom. The predicted octanol–water partition coefficient (Wildman–Crippen LogP) is 4.97. The highest BCUT2D eigenvalue weighted by Gasteiger charge is 2.80. The molecule has 3 unspecified atom stereocenters. The second-order valence-corrected chi connectivity index (χ2v) is 14.1. The summed E-state index contributed by atoms with van der Waals surface area (Å²) in [6.45, 7) is 16.4. The summed E-state index contributed by atoms with van der Waals surface area (Å²) in [4.78, 5) is 49.8. The normalized spacial score (nSPS) is 32.0. The maximum Gasteiger partial charge on any atom is 0.248 e. The number of fused-ring (bicyclic) bond motifs is 1. The third-order valence-electron chi connectivity index (χ3n) is 10.9. The third-order valence-corrected chi connectivity index (χ3v) is 10.9. The minimum Gasteiger partial charge on any atom is -0.394 e. The van der Waals surface area contributed by atoms with E-state index in [0.29, 0.717) is 19.4 Å². The van der Waals surface area contributed by atoms with E-state index in [1.165, 1.54) is 0 Å². The zero-order valence-electron chi connectivity index (χ0n) is 27.0. The number of hydrogen-bond donors (Lipinski definition) is 1. The van der Waals surface area contributed by atoms with E-state index in [9.17, 15) is 19.5 Å². The maximum absolute atomic E-state index is 15.0. The van der Waals surface area contributed by atoms with Gasteiger partial charge in [-0.25, -0.2) is 0 Å². The van der Waals surface area contributed by atoms with Crippen LogP contribution in [-0.2, 0) is 19.1 Å². The number of aliphatic hydroxyl groups is 1. The molecule has 5 rings (SSSR count). The lowest BCUT2D eigenvalue weighted by molar-refractivity contribution is -0.157. The summed E-state index contributed by atoms with van der Waals surface area (Å²) in [6, 6.07) is 8.01. The van der Waals surface area contributed by atoms with Crippen molar-refractivity contribution in [2.24, 2.45) is 23.7 Å². The van der Waals surface area contributed by atoms with Crippen LogP contribution in [0.5, 0.6) is 0 Å². The van der Waals surface area contributed by atoms with E-state index < -0.39 is 35.1 Å². The molecule has 1 spiro atoms. The summed E-state index contributed by atoms with van der Waals surface area (Å²) in [6.07, 6.45) is 9.58. The van der Waals surface area contributed by atoms with Crippen molar-refractivity contribution in [2.45, 2.75) is 102 Å². The second kappa shape index (κ2) is 12.8. The van der Waals surface area contributed by atoms with E-state index in [1.807, 2.05) is 42.2 Å². The highest BCUT2D eigenvalue weighted by Crippen LogP contribution is 2.66. The number of aliphatic hydroxyl groups excluding tert-OH is 1. The molecule has 8 heteroatoms. The number of rotatable bonds is 12. The number of anilines is 1. The van der Waals surface area contributed by atoms with Crippen LogP contribution in [0.4, 0.5) is 5.69 Å². The number of nitrogens with zero attached hydrogens (tertiary/aromatic N) is 3. The Kier molecular flexibility index (Phi) is 9.43. The Morgan fingerprint density at radius 2 is 1.75 bits per heavy atom. The highest BCUT2D eigenvalue weighted by molar-refractivity contribution is 6.03. The molecule has 0 radical (unpaired) electrons. The van der Waals surface area contributed by atoms with Gasteiger partial charge in [-0.05, 0) is 56.6 Å². The van der Waals surface area contributed by atoms with Gasteiger partial charge in [-0.15, -0.1) is 13.2 Å². The number of hydrogen-bond acceptors (Lipinski definition) is 5. The molecular weight excluding hydrogens is 554 g/mol. The van der Waals surface area contributed by atoms with Crippen molar-refractivity contribution in [1.82, 2.24) is 9.80 Å². The number of benzene rings is 1. The van der Waals surface area contributed by atoms with Gasteiger partial charge in [0, 0.05) is 24.8 Å². The van der Waals surface area contributed by atoms with Crippen molar-refractivity contribution in [2.75, 3.05) is 24.6 Å². The van der Waals surface area contributed by atoms with Crippen molar-refractivity contribution >= 4 is 23.4 Å². The molecule has 1 aromatic carbocycles. The molecule has 3 aliphatic heterocycles. The molecule has 240 valence electrons. The minimum absolute atomic E-state index is 0.0598. The molecule has 1 aliphatic carbocycles. The van der Waals surface area contributed by atoms with Gasteiger partial charge in [0.2, 0.25) is 17.7 Å². The first-order valence-electron chi connectivity index (χ1n) is 16.6. The molecule has 4 fully saturated rings. The topological polar surface area (TPSA) is 90.4 Å². The van der Waals surface area contributed by atoms with Crippen molar-refractivity contribution in [3.8, 4) is 0 Å². The molecular formula is C36H51N3O5. The molecule has 8 nitrogen and oxygen atoms in total. The molecule has 2 bridgehead atoms. The average Bonchev–Trinajstić information content (AvgIpc) is 3.53. The van der Waals surface area contributed by atoms with E-state index >= 15 is 0 Å². The molecule has 44 heavy (non-hydrogen) atoms. The molecule has 3 saturated heterocycles. The van der Waals surface area contributed by atoms with E-state index in [0.717, 1.165) is 37.8 Å². The molecule has 1 N–H and O–H groups in total. The number of amides is 3. The first kappa shape index (κ1) is 32.4. The fourth-order valence-corrected chi connectivity index (χ4v) is 8.88. The minimum atomic E-state index is -1.17. The maximum atomic E-state index is 15.0. The summed E-state index contributed by atoms with van der Waals surface area (Å²) >= 11 is 0. The van der Waals surface area contributed by atoms with Crippen LogP contribution in [0.1, 0.15) is 72.6 Å². The molecule has 0 aromatic heterocycles. The fourth-order valence-electron chi connectivity index (χ4n) is 8.88. The summed E-state index contributed by atoms with van der Waals surface area (Å²) in [5.41, 5.74) is -1.38. The predicted molar refractivity (Wildman–Crippen MR) is 172 cm³/mol. The van der Waals surface area contributed by atoms with Crippen LogP contribution in [-0.4, -0.2) is 81.7 Å². The van der Waals surface area contributed by atoms with Crippen LogP contribution in [0.2, 0.25) is 0 Å². The summed E-state index contributed by atoms with van der Waals surface area (Å²) in [7, 11) is 0. The Labute approximate surface area is 263 Å². The first-order chi connectivity index (χ1) is 21.0. The van der Waals surface area contributed by atoms with Gasteiger partial charge in [0.05, 0.1) is 30.1 Å². The number of likely N-dealkylation sites (tertiary alicyclic amines) is 1. The van der Waals surface area contributed by atoms with E-state index in [2.05, 4.69) is 33.9 Å². The monoisotopic (exact) mass is 605 g/mol. The summed E-state index contributed by atoms with van der Waals surface area (Å²) < 4.78 is 7.04. The van der Waals surface area contributed by atoms with Crippen LogP contribution in [0.3, 0.4) is 0 Å². The Hall–Kier alpha value is -2.97. The lowest BCUT2D eigenvalue weighted by Crippen LogP contribution is -2.60. The molecule has 1 saturated carbocycles. The highest BCUT2D eigenvalue weighted by atomic mass is 16.5. The second-order valence-electron chi connectivity index (χ2n) is 14.1. The lowest BCUT2D eigenvalue weighted by atomic mass is 9.62. The Balaban J connectivity index is 1.63. The number of carbonyl (C=O) groups excluding carboxylic acids is 3. The van der Waals surface area contributed by atoms with Gasteiger partial charge in [-0.2, -0.15) is 0 Å². The summed E-state index contributed by atoms with van der Waals surface area (Å²) in [5.74, 6) is -2.12. The van der Waals surface area contributed by atoms with Crippen LogP contribution < -0.4 is 4.90 Å². The van der Waals surface area contributed by atoms with Crippen molar-refractivity contribution in [3.63, 3.8) is 0 Å². The van der Waals surface area contributed by atoms with Gasteiger partial charge in [-0.3, -0.25) is 14.4 Å². The van der Waals surface area contributed by atoms with Gasteiger partial charge < -0.3 is 24.5 Å². The van der Waals surface area contributed by atoms with Crippen LogP contribution in [0, 0.1) is 23.7 Å². The molecule has 1 aromatic rings.